The van der Waals surface area contributed by atoms with Crippen LogP contribution in [0.25, 0.3) is 0 Å². The van der Waals surface area contributed by atoms with Gasteiger partial charge in [0.1, 0.15) is 0 Å². The number of amides is 1. The number of hydrogen-bond donors (Lipinski definition) is 2. The number of carbonyl (C=O) groups is 1. The summed E-state index contributed by atoms with van der Waals surface area (Å²) in [5, 5.41) is 22.5. The molecule has 0 aromatic heterocycles. The molecule has 0 radical (unpaired) electrons. The van der Waals surface area contributed by atoms with E-state index in [0.29, 0.717) is 6.42 Å². The third-order valence-electron chi connectivity index (χ3n) is 2.74. The first kappa shape index (κ1) is 16.9. The minimum atomic E-state index is -0.657. The van der Waals surface area contributed by atoms with Crippen molar-refractivity contribution in [3.05, 3.63) is 34.4 Å². The largest absolute Gasteiger partial charge is 0.487 e. The SMILES string of the molecule is CC(C)(CO)NC(=O)CCCOc1ccccc1[N+](=O)[O-]. The Labute approximate surface area is 123 Å². The molecule has 0 fully saturated rings. The number of benzene rings is 1. The highest BCUT2D eigenvalue weighted by Crippen LogP contribution is 2.25. The monoisotopic (exact) mass is 296 g/mol. The maximum atomic E-state index is 11.6. The predicted molar refractivity (Wildman–Crippen MR) is 77.1 cm³/mol. The maximum absolute atomic E-state index is 11.6. The molecule has 1 aromatic carbocycles. The second-order valence-corrected chi connectivity index (χ2v) is 5.27. The van der Waals surface area contributed by atoms with Crippen molar-refractivity contribution in [3.63, 3.8) is 0 Å². The lowest BCUT2D eigenvalue weighted by atomic mass is 10.1. The van der Waals surface area contributed by atoms with E-state index >= 15 is 0 Å². The number of ether oxygens (including phenoxy) is 1. The molecular weight excluding hydrogens is 276 g/mol. The molecule has 0 atom stereocenters. The van der Waals surface area contributed by atoms with Crippen LogP contribution >= 0.6 is 0 Å². The van der Waals surface area contributed by atoms with Gasteiger partial charge < -0.3 is 15.2 Å². The Kier molecular flexibility index (Phi) is 6.10. The van der Waals surface area contributed by atoms with Crippen LogP contribution in [0.3, 0.4) is 0 Å². The molecule has 0 heterocycles. The lowest BCUT2D eigenvalue weighted by Gasteiger charge is -2.23. The van der Waals surface area contributed by atoms with Crippen LogP contribution in [-0.4, -0.2) is 34.7 Å². The van der Waals surface area contributed by atoms with Gasteiger partial charge in [-0.3, -0.25) is 14.9 Å². The molecule has 0 bridgehead atoms. The normalized spacial score (nSPS) is 11.0. The van der Waals surface area contributed by atoms with Gasteiger partial charge in [-0.05, 0) is 26.3 Å². The number of nitro benzene ring substituents is 1. The fourth-order valence-corrected chi connectivity index (χ4v) is 1.62. The van der Waals surface area contributed by atoms with E-state index in [4.69, 9.17) is 9.84 Å². The Morgan fingerprint density at radius 1 is 1.43 bits per heavy atom. The predicted octanol–water partition coefficient (Wildman–Crippen LogP) is 1.64. The van der Waals surface area contributed by atoms with Gasteiger partial charge in [0.25, 0.3) is 0 Å². The van der Waals surface area contributed by atoms with Gasteiger partial charge in [-0.1, -0.05) is 12.1 Å². The Hall–Kier alpha value is -2.15. The fraction of sp³-hybridized carbons (Fsp3) is 0.500. The maximum Gasteiger partial charge on any atom is 0.310 e. The number of carbonyl (C=O) groups excluding carboxylic acids is 1. The summed E-state index contributed by atoms with van der Waals surface area (Å²) in [6.45, 7) is 3.49. The third-order valence-corrected chi connectivity index (χ3v) is 2.74. The average Bonchev–Trinajstić information content (AvgIpc) is 2.43. The molecule has 7 nitrogen and oxygen atoms in total. The number of aliphatic hydroxyl groups excluding tert-OH is 1. The van der Waals surface area contributed by atoms with Gasteiger partial charge in [0.05, 0.1) is 23.7 Å². The van der Waals surface area contributed by atoms with Crippen LogP contribution in [-0.2, 0) is 4.79 Å². The Morgan fingerprint density at radius 2 is 2.10 bits per heavy atom. The first-order valence-corrected chi connectivity index (χ1v) is 6.64. The van der Waals surface area contributed by atoms with E-state index in [1.807, 2.05) is 0 Å². The Morgan fingerprint density at radius 3 is 2.71 bits per heavy atom. The van der Waals surface area contributed by atoms with Crippen LogP contribution in [0.5, 0.6) is 5.75 Å². The molecule has 1 amide bonds. The van der Waals surface area contributed by atoms with Gasteiger partial charge >= 0.3 is 5.69 Å². The van der Waals surface area contributed by atoms with Crippen molar-refractivity contribution >= 4 is 11.6 Å². The first-order chi connectivity index (χ1) is 9.85. The number of para-hydroxylation sites is 2. The molecule has 0 aliphatic rings. The number of nitrogens with one attached hydrogen (secondary N) is 1. The summed E-state index contributed by atoms with van der Waals surface area (Å²) in [6.07, 6.45) is 0.656. The minimum Gasteiger partial charge on any atom is -0.487 e. The summed E-state index contributed by atoms with van der Waals surface area (Å²) in [7, 11) is 0. The highest BCUT2D eigenvalue weighted by Gasteiger charge is 2.18. The van der Waals surface area contributed by atoms with Crippen LogP contribution in [0, 0.1) is 10.1 Å². The van der Waals surface area contributed by atoms with Gasteiger partial charge in [-0.15, -0.1) is 0 Å². The Bertz CT molecular complexity index is 502. The summed E-state index contributed by atoms with van der Waals surface area (Å²) in [5.41, 5.74) is -0.751. The number of aliphatic hydroxyl groups is 1. The second kappa shape index (κ2) is 7.58. The van der Waals surface area contributed by atoms with Gasteiger partial charge in [0, 0.05) is 12.5 Å². The van der Waals surface area contributed by atoms with Crippen LogP contribution < -0.4 is 10.1 Å². The molecule has 0 spiro atoms. The zero-order valence-electron chi connectivity index (χ0n) is 12.2. The molecule has 21 heavy (non-hydrogen) atoms. The molecule has 0 saturated carbocycles. The standard InChI is InChI=1S/C14H20N2O5/c1-14(2,10-17)15-13(18)8-5-9-21-12-7-4-3-6-11(12)16(19)20/h3-4,6-7,17H,5,8-10H2,1-2H3,(H,15,18). The van der Waals surface area contributed by atoms with E-state index in [-0.39, 0.29) is 37.0 Å². The molecule has 0 unspecified atom stereocenters. The van der Waals surface area contributed by atoms with Gasteiger partial charge in [0.2, 0.25) is 5.91 Å². The molecule has 0 saturated heterocycles. The second-order valence-electron chi connectivity index (χ2n) is 5.27. The highest BCUT2D eigenvalue weighted by molar-refractivity contribution is 5.76. The highest BCUT2D eigenvalue weighted by atomic mass is 16.6. The van der Waals surface area contributed by atoms with E-state index in [1.165, 1.54) is 12.1 Å². The van der Waals surface area contributed by atoms with Crippen molar-refractivity contribution in [1.82, 2.24) is 5.32 Å². The smallest absolute Gasteiger partial charge is 0.310 e. The van der Waals surface area contributed by atoms with Gasteiger partial charge in [-0.2, -0.15) is 0 Å². The van der Waals surface area contributed by atoms with E-state index in [2.05, 4.69) is 5.32 Å². The molecule has 0 aliphatic carbocycles. The molecular formula is C14H20N2O5. The van der Waals surface area contributed by atoms with Crippen molar-refractivity contribution in [2.75, 3.05) is 13.2 Å². The Balaban J connectivity index is 2.38. The zero-order valence-corrected chi connectivity index (χ0v) is 12.2. The van der Waals surface area contributed by atoms with Gasteiger partial charge in [-0.25, -0.2) is 0 Å². The molecule has 1 aromatic rings. The van der Waals surface area contributed by atoms with Crippen molar-refractivity contribution < 1.29 is 19.6 Å². The van der Waals surface area contributed by atoms with E-state index in [0.717, 1.165) is 0 Å². The van der Waals surface area contributed by atoms with Crippen molar-refractivity contribution in [3.8, 4) is 5.75 Å². The van der Waals surface area contributed by atoms with Crippen LogP contribution in [0.15, 0.2) is 24.3 Å². The summed E-state index contributed by atoms with van der Waals surface area (Å²) >= 11 is 0. The molecule has 2 N–H and O–H groups in total. The fourth-order valence-electron chi connectivity index (χ4n) is 1.62. The first-order valence-electron chi connectivity index (χ1n) is 6.64. The van der Waals surface area contributed by atoms with Crippen molar-refractivity contribution in [1.29, 1.82) is 0 Å². The lowest BCUT2D eigenvalue weighted by Crippen LogP contribution is -2.46. The van der Waals surface area contributed by atoms with Crippen molar-refractivity contribution in [2.24, 2.45) is 0 Å². The number of rotatable bonds is 8. The third kappa shape index (κ3) is 5.78. The summed E-state index contributed by atoms with van der Waals surface area (Å²) in [4.78, 5) is 21.9. The van der Waals surface area contributed by atoms with Crippen LogP contribution in [0.2, 0.25) is 0 Å². The molecule has 7 heteroatoms. The zero-order chi connectivity index (χ0) is 15.9. The number of nitrogens with zero attached hydrogens (tertiary/aromatic N) is 1. The van der Waals surface area contributed by atoms with E-state index < -0.39 is 10.5 Å². The summed E-state index contributed by atoms with van der Waals surface area (Å²) in [6, 6.07) is 6.10. The van der Waals surface area contributed by atoms with Crippen LogP contribution in [0.1, 0.15) is 26.7 Å². The van der Waals surface area contributed by atoms with E-state index in [1.54, 1.807) is 26.0 Å². The molecule has 0 aliphatic heterocycles. The average molecular weight is 296 g/mol. The topological polar surface area (TPSA) is 102 Å². The van der Waals surface area contributed by atoms with Crippen LogP contribution in [0.4, 0.5) is 5.69 Å². The minimum absolute atomic E-state index is 0.0941. The van der Waals surface area contributed by atoms with E-state index in [9.17, 15) is 14.9 Å². The lowest BCUT2D eigenvalue weighted by molar-refractivity contribution is -0.385. The number of nitro groups is 1. The quantitative estimate of drug-likeness (QED) is 0.431. The van der Waals surface area contributed by atoms with Crippen molar-refractivity contribution in [2.45, 2.75) is 32.2 Å². The molecule has 116 valence electrons. The summed E-state index contributed by atoms with van der Waals surface area (Å²) in [5.74, 6) is -0.00110. The molecule has 1 rings (SSSR count). The number of hydrogen-bond acceptors (Lipinski definition) is 5. The van der Waals surface area contributed by atoms with Gasteiger partial charge in [0.15, 0.2) is 5.75 Å². The summed E-state index contributed by atoms with van der Waals surface area (Å²) < 4.78 is 5.33.